The van der Waals surface area contributed by atoms with Crippen molar-refractivity contribution in [2.75, 3.05) is 11.9 Å². The molecule has 0 aliphatic rings. The van der Waals surface area contributed by atoms with Crippen LogP contribution < -0.4 is 15.4 Å². The van der Waals surface area contributed by atoms with Crippen molar-refractivity contribution in [3.63, 3.8) is 0 Å². The van der Waals surface area contributed by atoms with E-state index in [1.54, 1.807) is 50.2 Å². The minimum absolute atomic E-state index is 0.0184. The molecule has 7 nitrogen and oxygen atoms in total. The van der Waals surface area contributed by atoms with E-state index >= 15 is 0 Å². The maximum Gasteiger partial charge on any atom is 0.338 e. The summed E-state index contributed by atoms with van der Waals surface area (Å²) in [6, 6.07) is 17.5. The molecular formula is C26H28N2O5. The van der Waals surface area contributed by atoms with Gasteiger partial charge in [-0.2, -0.15) is 0 Å². The van der Waals surface area contributed by atoms with Gasteiger partial charge < -0.3 is 20.1 Å². The number of nitrogens with one attached hydrogen (secondary N) is 2. The molecule has 0 saturated carbocycles. The standard InChI is InChI=1S/C26H28N2O5/c1-16(2)27-24(29)15-32-23-14-19-9-6-5-8-18(19)13-22(23)25(30)28-21-11-7-10-20(12-21)26(31)33-17(3)4/h5-14,16-17H,15H2,1-4H3,(H,27,29)(H,28,30). The molecule has 0 bridgehead atoms. The molecule has 0 heterocycles. The highest BCUT2D eigenvalue weighted by Gasteiger charge is 2.17. The second kappa shape index (κ2) is 10.6. The Bertz CT molecular complexity index is 1170. The maximum atomic E-state index is 13.2. The maximum absolute atomic E-state index is 13.2. The van der Waals surface area contributed by atoms with Gasteiger partial charge in [0, 0.05) is 11.7 Å². The van der Waals surface area contributed by atoms with Crippen molar-refractivity contribution in [3.05, 3.63) is 71.8 Å². The Morgan fingerprint density at radius 1 is 0.879 bits per heavy atom. The Morgan fingerprint density at radius 2 is 1.58 bits per heavy atom. The number of carbonyl (C=O) groups is 3. The molecule has 0 saturated heterocycles. The Balaban J connectivity index is 1.86. The third kappa shape index (κ3) is 6.55. The second-order valence-electron chi connectivity index (χ2n) is 8.20. The molecule has 0 spiro atoms. The summed E-state index contributed by atoms with van der Waals surface area (Å²) in [5, 5.41) is 7.30. The van der Waals surface area contributed by atoms with Gasteiger partial charge in [-0.15, -0.1) is 0 Å². The molecule has 0 fully saturated rings. The lowest BCUT2D eigenvalue weighted by molar-refractivity contribution is -0.123. The van der Waals surface area contributed by atoms with Gasteiger partial charge in [-0.3, -0.25) is 9.59 Å². The van der Waals surface area contributed by atoms with Crippen LogP contribution >= 0.6 is 0 Å². The highest BCUT2D eigenvalue weighted by molar-refractivity contribution is 6.09. The molecule has 3 aromatic rings. The molecule has 0 aromatic heterocycles. The molecule has 2 amide bonds. The summed E-state index contributed by atoms with van der Waals surface area (Å²) in [6.45, 7) is 7.04. The first-order valence-corrected chi connectivity index (χ1v) is 10.8. The lowest BCUT2D eigenvalue weighted by Crippen LogP contribution is -2.34. The average molecular weight is 449 g/mol. The van der Waals surface area contributed by atoms with Crippen LogP contribution in [0.1, 0.15) is 48.4 Å². The summed E-state index contributed by atoms with van der Waals surface area (Å²) >= 11 is 0. The van der Waals surface area contributed by atoms with Crippen molar-refractivity contribution in [1.82, 2.24) is 5.32 Å². The lowest BCUT2D eigenvalue weighted by Gasteiger charge is -2.15. The monoisotopic (exact) mass is 448 g/mol. The van der Waals surface area contributed by atoms with E-state index in [2.05, 4.69) is 10.6 Å². The number of carbonyl (C=O) groups excluding carboxylic acids is 3. The molecule has 0 atom stereocenters. The van der Waals surface area contributed by atoms with E-state index in [1.165, 1.54) is 0 Å². The molecule has 3 rings (SSSR count). The van der Waals surface area contributed by atoms with Crippen molar-refractivity contribution < 1.29 is 23.9 Å². The summed E-state index contributed by atoms with van der Waals surface area (Å²) in [7, 11) is 0. The van der Waals surface area contributed by atoms with Gasteiger partial charge in [0.2, 0.25) is 0 Å². The van der Waals surface area contributed by atoms with Gasteiger partial charge >= 0.3 is 5.97 Å². The summed E-state index contributed by atoms with van der Waals surface area (Å²) in [5.41, 5.74) is 1.05. The summed E-state index contributed by atoms with van der Waals surface area (Å²) in [4.78, 5) is 37.4. The van der Waals surface area contributed by atoms with Gasteiger partial charge in [0.05, 0.1) is 17.2 Å². The molecule has 0 unspecified atom stereocenters. The Morgan fingerprint density at radius 3 is 2.24 bits per heavy atom. The first-order valence-electron chi connectivity index (χ1n) is 10.8. The van der Waals surface area contributed by atoms with Gasteiger partial charge in [0.25, 0.3) is 11.8 Å². The SMILES string of the molecule is CC(C)NC(=O)COc1cc2ccccc2cc1C(=O)Nc1cccc(C(=O)OC(C)C)c1. The van der Waals surface area contributed by atoms with E-state index in [0.717, 1.165) is 10.8 Å². The van der Waals surface area contributed by atoms with E-state index < -0.39 is 11.9 Å². The predicted molar refractivity (Wildman–Crippen MR) is 128 cm³/mol. The molecule has 3 aromatic carbocycles. The third-order valence-corrected chi connectivity index (χ3v) is 4.60. The molecule has 0 aliphatic carbocycles. The predicted octanol–water partition coefficient (Wildman–Crippen LogP) is 4.56. The van der Waals surface area contributed by atoms with Crippen LogP contribution in [-0.4, -0.2) is 36.5 Å². The van der Waals surface area contributed by atoms with Crippen molar-refractivity contribution >= 4 is 34.2 Å². The number of rotatable bonds is 8. The third-order valence-electron chi connectivity index (χ3n) is 4.60. The minimum atomic E-state index is -0.466. The van der Waals surface area contributed by atoms with E-state index in [0.29, 0.717) is 17.0 Å². The highest BCUT2D eigenvalue weighted by atomic mass is 16.5. The van der Waals surface area contributed by atoms with Crippen LogP contribution in [0.5, 0.6) is 5.75 Å². The summed E-state index contributed by atoms with van der Waals surface area (Å²) in [5.74, 6) is -0.872. The number of ether oxygens (including phenoxy) is 2. The quantitative estimate of drug-likeness (QED) is 0.493. The number of fused-ring (bicyclic) bond motifs is 1. The van der Waals surface area contributed by atoms with E-state index in [-0.39, 0.29) is 30.2 Å². The lowest BCUT2D eigenvalue weighted by atomic mass is 10.0. The minimum Gasteiger partial charge on any atom is -0.483 e. The van der Waals surface area contributed by atoms with Crippen molar-refractivity contribution in [1.29, 1.82) is 0 Å². The molecule has 0 radical (unpaired) electrons. The highest BCUT2D eigenvalue weighted by Crippen LogP contribution is 2.27. The van der Waals surface area contributed by atoms with Crippen molar-refractivity contribution in [2.45, 2.75) is 39.8 Å². The Hall–Kier alpha value is -3.87. The number of amides is 2. The molecule has 33 heavy (non-hydrogen) atoms. The van der Waals surface area contributed by atoms with E-state index in [9.17, 15) is 14.4 Å². The molecule has 2 N–H and O–H groups in total. The number of benzene rings is 3. The van der Waals surface area contributed by atoms with Gasteiger partial charge in [-0.05, 0) is 68.8 Å². The smallest absolute Gasteiger partial charge is 0.338 e. The van der Waals surface area contributed by atoms with E-state index in [1.807, 2.05) is 38.1 Å². The average Bonchev–Trinajstić information content (AvgIpc) is 2.76. The van der Waals surface area contributed by atoms with Gasteiger partial charge in [0.15, 0.2) is 6.61 Å². The normalized spacial score (nSPS) is 10.8. The van der Waals surface area contributed by atoms with Gasteiger partial charge in [-0.25, -0.2) is 4.79 Å². The summed E-state index contributed by atoms with van der Waals surface area (Å²) < 4.78 is 10.9. The zero-order chi connectivity index (χ0) is 24.0. The topological polar surface area (TPSA) is 93.7 Å². The number of hydrogen-bond acceptors (Lipinski definition) is 5. The number of hydrogen-bond donors (Lipinski definition) is 2. The van der Waals surface area contributed by atoms with Crippen LogP contribution in [0.4, 0.5) is 5.69 Å². The van der Waals surface area contributed by atoms with Crippen LogP contribution in [0, 0.1) is 0 Å². The Labute approximate surface area is 193 Å². The Kier molecular flexibility index (Phi) is 7.66. The molecule has 0 aliphatic heterocycles. The second-order valence-corrected chi connectivity index (χ2v) is 8.20. The first-order chi connectivity index (χ1) is 15.7. The fraction of sp³-hybridized carbons (Fsp3) is 0.269. The fourth-order valence-corrected chi connectivity index (χ4v) is 3.23. The number of anilines is 1. The van der Waals surface area contributed by atoms with Crippen molar-refractivity contribution in [3.8, 4) is 5.75 Å². The molecular weight excluding hydrogens is 420 g/mol. The van der Waals surface area contributed by atoms with Gasteiger partial charge in [0.1, 0.15) is 5.75 Å². The zero-order valence-electron chi connectivity index (χ0n) is 19.2. The van der Waals surface area contributed by atoms with Crippen LogP contribution in [-0.2, 0) is 9.53 Å². The molecule has 7 heteroatoms. The van der Waals surface area contributed by atoms with E-state index in [4.69, 9.17) is 9.47 Å². The van der Waals surface area contributed by atoms with Crippen LogP contribution in [0.15, 0.2) is 60.7 Å². The van der Waals surface area contributed by atoms with Crippen LogP contribution in [0.25, 0.3) is 10.8 Å². The van der Waals surface area contributed by atoms with Crippen LogP contribution in [0.3, 0.4) is 0 Å². The largest absolute Gasteiger partial charge is 0.483 e. The first kappa shape index (κ1) is 23.8. The fourth-order valence-electron chi connectivity index (χ4n) is 3.23. The zero-order valence-corrected chi connectivity index (χ0v) is 19.2. The molecule has 172 valence electrons. The van der Waals surface area contributed by atoms with Crippen LogP contribution in [0.2, 0.25) is 0 Å². The van der Waals surface area contributed by atoms with Gasteiger partial charge in [-0.1, -0.05) is 30.3 Å². The van der Waals surface area contributed by atoms with Crippen molar-refractivity contribution in [2.24, 2.45) is 0 Å². The summed E-state index contributed by atoms with van der Waals surface area (Å²) in [6.07, 6.45) is -0.249. The number of esters is 1.